The van der Waals surface area contributed by atoms with Gasteiger partial charge in [0.1, 0.15) is 6.04 Å². The molecule has 23 heteroatoms. The monoisotopic (exact) mass is 987 g/mol. The molecule has 62 heavy (non-hydrogen) atoms. The van der Waals surface area contributed by atoms with Crippen LogP contribution in [0, 0.1) is 0 Å². The average molecular weight is 988 g/mol. The molecule has 0 heterocycles. The average Bonchev–Trinajstić information content (AvgIpc) is 3.22. The Morgan fingerprint density at radius 3 is 1.29 bits per heavy atom. The van der Waals surface area contributed by atoms with Crippen molar-refractivity contribution < 1.29 is 75.7 Å². The summed E-state index contributed by atoms with van der Waals surface area (Å²) in [5.41, 5.74) is 7.06. The summed E-state index contributed by atoms with van der Waals surface area (Å²) in [6.45, 7) is 3.65. The summed E-state index contributed by atoms with van der Waals surface area (Å²) in [7, 11) is 0. The van der Waals surface area contributed by atoms with Gasteiger partial charge in [0, 0.05) is 89.8 Å². The summed E-state index contributed by atoms with van der Waals surface area (Å²) in [6, 6.07) is 6.53. The van der Waals surface area contributed by atoms with Crippen molar-refractivity contribution in [2.75, 3.05) is 56.4 Å². The summed E-state index contributed by atoms with van der Waals surface area (Å²) in [4.78, 5) is 70.2. The molecule has 5 amide bonds. The predicted molar refractivity (Wildman–Crippen MR) is 237 cm³/mol. The SMILES string of the molecule is CC(=O)N(O)CCCCCNC(=O)CCC(=O)N(O)CCCCCNC(=O)CCC(=O)N(O)CCCCCNC(=S)Nc1ccc(NC(=S)NCCCC[C@H](N)C(=O)O)cc1.[89Zr+4]. The standard InChI is InChI=1S/C39H66N10O10S2.Zr/c1-29(50)47(57)26-10-2-6-22-41-33(51)18-20-35(53)48(58)27-11-3-7-23-42-34(52)19-21-36(54)49(59)28-12-4-8-24-43-38(60)45-30-14-16-31(17-15-30)46-39(61)44-25-9-5-13-32(40)37(55)56;/h14-17,32,57-59H,2-13,18-28,40H2,1H3,(H,41,51)(H,42,52)(H,55,56)(H2,43,45,60)(H2,44,46,61);/q;+4/t32-;/m0./s1/i;1-2. The molecule has 0 saturated heterocycles. The van der Waals surface area contributed by atoms with Gasteiger partial charge in [-0.25, -0.2) is 15.2 Å². The first-order valence-corrected chi connectivity index (χ1v) is 21.6. The number of amides is 5. The number of hydrogen-bond donors (Lipinski definition) is 11. The minimum Gasteiger partial charge on any atom is -0.480 e. The molecule has 0 spiro atoms. The van der Waals surface area contributed by atoms with Crippen molar-refractivity contribution in [2.24, 2.45) is 5.73 Å². The van der Waals surface area contributed by atoms with Crippen molar-refractivity contribution in [3.63, 3.8) is 0 Å². The summed E-state index contributed by atoms with van der Waals surface area (Å²) in [5, 5.41) is 58.8. The molecule has 1 rings (SSSR count). The van der Waals surface area contributed by atoms with Gasteiger partial charge in [-0.3, -0.25) is 44.4 Å². The summed E-state index contributed by atoms with van der Waals surface area (Å²) >= 11 is 10.7. The second-order valence-electron chi connectivity index (χ2n) is 14.3. The van der Waals surface area contributed by atoms with E-state index in [9.17, 15) is 44.4 Å². The largest absolute Gasteiger partial charge is 4.00 e. The minimum atomic E-state index is -1.00. The van der Waals surface area contributed by atoms with E-state index in [1.54, 1.807) is 0 Å². The molecular formula is C39H66N10O10S2Zr+4. The third-order valence-electron chi connectivity index (χ3n) is 9.09. The Balaban J connectivity index is 0.0000372. The zero-order chi connectivity index (χ0) is 45.4. The van der Waals surface area contributed by atoms with E-state index in [4.69, 9.17) is 35.3 Å². The number of carboxylic acid groups (broad SMARTS) is 1. The van der Waals surface area contributed by atoms with Gasteiger partial charge >= 0.3 is 32.2 Å². The maximum atomic E-state index is 12.3. The van der Waals surface area contributed by atoms with Crippen LogP contribution in [-0.4, -0.2) is 134 Å². The Labute approximate surface area is 393 Å². The normalized spacial score (nSPS) is 10.9. The third kappa shape index (κ3) is 30.2. The van der Waals surface area contributed by atoms with Crippen molar-refractivity contribution in [2.45, 2.75) is 116 Å². The molecule has 0 aliphatic rings. The van der Waals surface area contributed by atoms with Gasteiger partial charge in [-0.1, -0.05) is 0 Å². The van der Waals surface area contributed by atoms with Crippen molar-refractivity contribution in [1.29, 1.82) is 0 Å². The van der Waals surface area contributed by atoms with E-state index in [-0.39, 0.29) is 83.3 Å². The number of benzene rings is 1. The van der Waals surface area contributed by atoms with Crippen LogP contribution >= 0.6 is 24.4 Å². The zero-order valence-corrected chi connectivity index (χ0v) is 39.7. The van der Waals surface area contributed by atoms with E-state index < -0.39 is 29.7 Å². The van der Waals surface area contributed by atoms with Crippen LogP contribution in [0.3, 0.4) is 0 Å². The topological polar surface area (TPSA) is 291 Å². The number of hydroxylamine groups is 6. The Bertz CT molecular complexity index is 1530. The quantitative estimate of drug-likeness (QED) is 0.0214. The molecule has 1 aromatic rings. The molecule has 0 aliphatic carbocycles. The Morgan fingerprint density at radius 2 is 0.919 bits per heavy atom. The van der Waals surface area contributed by atoms with Gasteiger partial charge in [0.05, 0.1) is 0 Å². The van der Waals surface area contributed by atoms with Crippen LogP contribution in [-0.2, 0) is 55.0 Å². The molecule has 12 N–H and O–H groups in total. The number of rotatable bonds is 32. The van der Waals surface area contributed by atoms with Crippen molar-refractivity contribution >= 4 is 81.5 Å². The van der Waals surface area contributed by atoms with Crippen LogP contribution in [0.15, 0.2) is 24.3 Å². The van der Waals surface area contributed by atoms with Gasteiger partial charge in [0.25, 0.3) is 0 Å². The van der Waals surface area contributed by atoms with Crippen molar-refractivity contribution in [1.82, 2.24) is 36.5 Å². The van der Waals surface area contributed by atoms with Crippen LogP contribution in [0.1, 0.15) is 110 Å². The number of hydrogen-bond acceptors (Lipinski definition) is 12. The van der Waals surface area contributed by atoms with E-state index >= 15 is 0 Å². The van der Waals surface area contributed by atoms with Crippen LogP contribution in [0.2, 0.25) is 0 Å². The Kier molecular flexibility index (Phi) is 33.4. The summed E-state index contributed by atoms with van der Waals surface area (Å²) in [6.07, 6.45) is 7.09. The molecule has 1 atom stereocenters. The second kappa shape index (κ2) is 35.6. The molecule has 0 aliphatic heterocycles. The van der Waals surface area contributed by atoms with Gasteiger partial charge in [0.2, 0.25) is 29.5 Å². The number of carbonyl (C=O) groups excluding carboxylic acids is 5. The number of unbranched alkanes of at least 4 members (excludes halogenated alkanes) is 7. The number of aliphatic carboxylic acids is 1. The first-order valence-electron chi connectivity index (χ1n) is 20.8. The molecule has 344 valence electrons. The van der Waals surface area contributed by atoms with Gasteiger partial charge in [-0.05, 0) is 126 Å². The Hall–Kier alpha value is -3.86. The molecule has 1 aromatic carbocycles. The van der Waals surface area contributed by atoms with Gasteiger partial charge in [-0.15, -0.1) is 0 Å². The van der Waals surface area contributed by atoms with Crippen LogP contribution in [0.25, 0.3) is 0 Å². The first-order chi connectivity index (χ1) is 29.1. The predicted octanol–water partition coefficient (Wildman–Crippen LogP) is 2.82. The fourth-order valence-electron chi connectivity index (χ4n) is 5.43. The fraction of sp³-hybridized carbons (Fsp3) is 0.641. The van der Waals surface area contributed by atoms with E-state index in [1.807, 2.05) is 24.3 Å². The van der Waals surface area contributed by atoms with E-state index in [1.165, 1.54) is 6.92 Å². The number of anilines is 2. The van der Waals surface area contributed by atoms with Gasteiger partial charge in [0.15, 0.2) is 10.2 Å². The molecule has 0 aromatic heterocycles. The van der Waals surface area contributed by atoms with Crippen LogP contribution in [0.4, 0.5) is 11.4 Å². The van der Waals surface area contributed by atoms with Crippen LogP contribution < -0.4 is 37.6 Å². The summed E-state index contributed by atoms with van der Waals surface area (Å²) < 4.78 is 0. The number of carbonyl (C=O) groups is 6. The number of nitrogens with one attached hydrogen (secondary N) is 6. The molecule has 0 saturated carbocycles. The maximum absolute atomic E-state index is 12.3. The molecule has 0 unspecified atom stereocenters. The molecule has 0 bridgehead atoms. The minimum absolute atomic E-state index is 0. The summed E-state index contributed by atoms with van der Waals surface area (Å²) in [5.74, 6) is -3.18. The third-order valence-corrected chi connectivity index (χ3v) is 9.58. The molecule has 0 fully saturated rings. The van der Waals surface area contributed by atoms with E-state index in [2.05, 4.69) is 31.9 Å². The molecular weight excluding hydrogens is 922 g/mol. The number of nitrogens with zero attached hydrogens (tertiary/aromatic N) is 3. The van der Waals surface area contributed by atoms with Gasteiger partial charge in [-0.2, -0.15) is 0 Å². The number of nitrogens with two attached hydrogens (primary N) is 1. The molecule has 20 nitrogen and oxygen atoms in total. The first kappa shape index (κ1) is 58.1. The zero-order valence-electron chi connectivity index (χ0n) is 35.6. The molecule has 0 radical (unpaired) electrons. The van der Waals surface area contributed by atoms with Crippen molar-refractivity contribution in [3.05, 3.63) is 24.3 Å². The Morgan fingerprint density at radius 1 is 0.565 bits per heavy atom. The second-order valence-corrected chi connectivity index (χ2v) is 15.2. The van der Waals surface area contributed by atoms with E-state index in [0.717, 1.165) is 30.6 Å². The number of thiocarbonyl (C=S) groups is 2. The van der Waals surface area contributed by atoms with E-state index in [0.29, 0.717) is 109 Å². The van der Waals surface area contributed by atoms with Crippen molar-refractivity contribution in [3.8, 4) is 0 Å². The smallest absolute Gasteiger partial charge is 0.480 e. The maximum Gasteiger partial charge on any atom is 4.00 e. The van der Waals surface area contributed by atoms with Gasteiger partial charge < -0.3 is 42.7 Å². The number of carboxylic acids is 1. The van der Waals surface area contributed by atoms with Crippen LogP contribution in [0.5, 0.6) is 0 Å². The fourth-order valence-corrected chi connectivity index (χ4v) is 5.87.